The number of primary amides is 1. The molecular weight excluding hydrogens is 1960 g/mol. The number of halogens is 1. The maximum atomic E-state index is 13.2. The first-order valence-corrected chi connectivity index (χ1v) is 51.6. The van der Waals surface area contributed by atoms with E-state index in [0.717, 1.165) is 228 Å². The van der Waals surface area contributed by atoms with Crippen LogP contribution in [0.4, 0.5) is 63.6 Å². The van der Waals surface area contributed by atoms with Crippen molar-refractivity contribution < 1.29 is 78.5 Å². The van der Waals surface area contributed by atoms with Gasteiger partial charge in [-0.15, -0.1) is 32.9 Å². The molecular formula is C110H147BrN27NaO10. The molecule has 12 heterocycles. The summed E-state index contributed by atoms with van der Waals surface area (Å²) in [7, 11) is 0. The zero-order chi connectivity index (χ0) is 106. The molecule has 790 valence electrons. The predicted molar refractivity (Wildman–Crippen MR) is 598 cm³/mol. The molecule has 5 aliphatic heterocycles. The van der Waals surface area contributed by atoms with Crippen LogP contribution in [0.5, 0.6) is 0 Å². The minimum atomic E-state index is -1.00. The molecule has 17 rings (SSSR count). The number of rotatable bonds is 39. The fourth-order valence-corrected chi connectivity index (χ4v) is 19.8. The van der Waals surface area contributed by atoms with Crippen LogP contribution in [-0.4, -0.2) is 197 Å². The Balaban J connectivity index is 0.000000206. The average Bonchev–Trinajstić information content (AvgIpc) is 1.53. The number of aromatic carboxylic acids is 1. The molecule has 0 bridgehead atoms. The normalized spacial score (nSPS) is 15.1. The van der Waals surface area contributed by atoms with Gasteiger partial charge in [-0.05, 0) is 205 Å². The molecule has 0 spiro atoms. The molecule has 39 heteroatoms. The van der Waals surface area contributed by atoms with Gasteiger partial charge in [-0.25, -0.2) is 24.7 Å². The van der Waals surface area contributed by atoms with E-state index in [1.807, 2.05) is 113 Å². The third kappa shape index (κ3) is 26.8. The number of Topliss-reactive ketones (excluding diaryl/α,β-unsaturated/α-hetero) is 3. The van der Waals surface area contributed by atoms with E-state index in [4.69, 9.17) is 32.4 Å². The number of aromatic nitrogens is 14. The Morgan fingerprint density at radius 2 is 0.705 bits per heavy atom. The van der Waals surface area contributed by atoms with Crippen molar-refractivity contribution in [1.82, 2.24) is 67.5 Å². The number of ketones is 3. The summed E-state index contributed by atoms with van der Waals surface area (Å²) in [5.74, 6) is -0.358. The number of nitrogens with zero attached hydrogens (tertiary/aromatic N) is 20. The molecule has 0 unspecified atom stereocenters. The zero-order valence-corrected chi connectivity index (χ0v) is 91.9. The molecule has 0 aliphatic carbocycles. The van der Waals surface area contributed by atoms with Crippen LogP contribution in [0.1, 0.15) is 304 Å². The van der Waals surface area contributed by atoms with Gasteiger partial charge in [0.05, 0.1) is 131 Å². The molecule has 37 nitrogen and oxygen atoms in total. The van der Waals surface area contributed by atoms with Gasteiger partial charge < -0.3 is 75.9 Å². The fraction of sp³-hybridized carbons (Fsp3) is 0.436. The summed E-state index contributed by atoms with van der Waals surface area (Å²) in [6.45, 7) is 56.8. The fourth-order valence-electron chi connectivity index (χ4n) is 19.8. The average molecular weight is 2110 g/mol. The van der Waals surface area contributed by atoms with Gasteiger partial charge in [0.25, 0.3) is 17.7 Å². The number of hydrogen-bond acceptors (Lipinski definition) is 25. The van der Waals surface area contributed by atoms with E-state index in [2.05, 4.69) is 168 Å². The van der Waals surface area contributed by atoms with Crippen LogP contribution in [0.25, 0.3) is 44.1 Å². The molecule has 12 N–H and O–H groups in total. The van der Waals surface area contributed by atoms with Crippen molar-refractivity contribution in [2.75, 3.05) is 123 Å². The number of nitrogens with one attached hydrogen (secondary N) is 4. The summed E-state index contributed by atoms with van der Waals surface area (Å²) in [5.41, 5.74) is 37.2. The summed E-state index contributed by atoms with van der Waals surface area (Å²) in [5, 5.41) is 42.5. The van der Waals surface area contributed by atoms with Crippen molar-refractivity contribution in [2.45, 2.75) is 251 Å². The number of carbonyl (C=O) groups excluding carboxylic acids is 7. The summed E-state index contributed by atoms with van der Waals surface area (Å²) in [6.07, 6.45) is 24.3. The Morgan fingerprint density at radius 3 is 1.01 bits per heavy atom. The minimum absolute atomic E-state index is 0. The largest absolute Gasteiger partial charge is 1.00 e. The van der Waals surface area contributed by atoms with Gasteiger partial charge in [0.1, 0.15) is 22.1 Å². The first-order chi connectivity index (χ1) is 70.2. The second kappa shape index (κ2) is 54.3. The number of unbranched alkanes of at least 4 members (excludes halogenated alkanes) is 5. The van der Waals surface area contributed by atoms with E-state index >= 15 is 0 Å². The maximum absolute atomic E-state index is 13.2. The molecule has 5 aliphatic rings. The summed E-state index contributed by atoms with van der Waals surface area (Å²) in [6, 6.07) is 24.2. The van der Waals surface area contributed by atoms with E-state index < -0.39 is 11.9 Å². The number of allylic oxidation sites excluding steroid dienone is 4. The smallest absolute Gasteiger partial charge is 0.870 e. The standard InChI is InChI=1S/C25H32N6O2.C24H31N7O2.C24H30N6O3.C18H24N4O.C17H25N3O.CBrN.CH4.Na.H2O/c1-6-9-11-29-15-19(10-7-2)31-23-20(13-18(17(5)32)14-21(23)29)26-25(31)27-24(33)22-12-16(4)28-30(22)8-3;1-5-8-10-29-14-17(9-6-2)31-21-18(12-16(22(25)32)13-19(21)29)26-24(31)27-23(33)20-11-15(4)28-30(20)7-3;1-5-8-10-28-14-17(9-6-2)30-21-18(12-16(23(32)33)13-19(21)28)25-24(30)26-22(31)20-11-15(4)27-29(20)7-3;1-4-6-8-21-11-14(7-5-2)22-17-15(20-18(22)19)9-13(12(3)23)10-16(17)21;1-4-6-8-20-11-14(7-5-2)19-17-15(18)9-13(12(3)21)10-16(17)20;2-1-3;;;/h7,12-14,19H,2,6,8-11,15H2,1,3-5H3,(H,26,27,33);6,11-13,17H,2,5,7-10,14H2,1,3-4H3,(H2,25,32)(H,26,27,33);6,11-13,17H,2,5,7-10,14H2,1,3-4H3,(H,32,33)(H,25,26,31);5,9-10,14H,2,4,6-8,11H2,1,3H3,(H2,19,20);5,9-10,14,19H,2,4,6-8,11,18H2,1,3H3;;1H4;;1H2/q;;;;;;;+1;/p-1/t19-;2*17-;2*14-;;;;/m00000..../s1. The second-order valence-electron chi connectivity index (χ2n) is 37.5. The molecule has 4 amide bonds. The summed E-state index contributed by atoms with van der Waals surface area (Å²) in [4.78, 5) is 131. The molecule has 0 radical (unpaired) electrons. The molecule has 5 atom stereocenters. The van der Waals surface area contributed by atoms with Crippen molar-refractivity contribution in [3.8, 4) is 4.98 Å². The van der Waals surface area contributed by atoms with Crippen LogP contribution in [0.3, 0.4) is 0 Å². The number of carboxylic acids is 1. The monoisotopic (exact) mass is 2110 g/mol. The molecule has 0 fully saturated rings. The molecule has 12 aromatic rings. The van der Waals surface area contributed by atoms with Gasteiger partial charge in [0, 0.05) is 129 Å². The first-order valence-electron chi connectivity index (χ1n) is 50.8. The zero-order valence-electron chi connectivity index (χ0n) is 88.3. The van der Waals surface area contributed by atoms with Crippen molar-refractivity contribution in [3.05, 3.63) is 204 Å². The molecule has 5 aromatic carbocycles. The van der Waals surface area contributed by atoms with Crippen molar-refractivity contribution in [1.29, 1.82) is 5.26 Å². The van der Waals surface area contributed by atoms with Gasteiger partial charge in [-0.2, -0.15) is 20.6 Å². The number of hydrogen-bond donors (Lipinski definition) is 8. The van der Waals surface area contributed by atoms with Crippen LogP contribution in [-0.2, 0) is 19.6 Å². The summed E-state index contributed by atoms with van der Waals surface area (Å²) < 4.78 is 13.3. The Morgan fingerprint density at radius 1 is 0.430 bits per heavy atom. The minimum Gasteiger partial charge on any atom is -0.870 e. The van der Waals surface area contributed by atoms with Crippen LogP contribution < -0.4 is 92.5 Å². The number of aryl methyl sites for hydroxylation is 6. The van der Waals surface area contributed by atoms with Crippen molar-refractivity contribution >= 4 is 171 Å². The number of amides is 4. The number of carboxylic acid groups (broad SMARTS) is 1. The van der Waals surface area contributed by atoms with Gasteiger partial charge in [0.15, 0.2) is 17.3 Å². The van der Waals surface area contributed by atoms with E-state index in [1.165, 1.54) is 0 Å². The van der Waals surface area contributed by atoms with Crippen LogP contribution in [0.2, 0.25) is 0 Å². The Hall–Kier alpha value is -14.0. The Labute approximate surface area is 903 Å². The second-order valence-corrected chi connectivity index (χ2v) is 37.8. The van der Waals surface area contributed by atoms with Crippen LogP contribution in [0, 0.1) is 31.0 Å². The van der Waals surface area contributed by atoms with Gasteiger partial charge in [0.2, 0.25) is 29.7 Å². The van der Waals surface area contributed by atoms with Gasteiger partial charge in [-0.1, -0.05) is 105 Å². The molecule has 0 saturated carbocycles. The van der Waals surface area contributed by atoms with Gasteiger partial charge in [-0.3, -0.25) is 63.6 Å². The number of benzene rings is 5. The van der Waals surface area contributed by atoms with E-state index in [0.29, 0.717) is 124 Å². The Bertz CT molecular complexity index is 6470. The quantitative estimate of drug-likeness (QED) is 0.00767. The van der Waals surface area contributed by atoms with Crippen LogP contribution in [0.15, 0.2) is 142 Å². The first kappa shape index (κ1) is 119. The predicted octanol–water partition coefficient (Wildman–Crippen LogP) is 18.0. The third-order valence-electron chi connectivity index (χ3n) is 26.8. The number of nitrogens with two attached hydrogens (primary N) is 3. The van der Waals surface area contributed by atoms with E-state index in [-0.39, 0.29) is 107 Å². The third-order valence-corrected chi connectivity index (χ3v) is 26.8. The number of carbonyl (C=O) groups is 8. The van der Waals surface area contributed by atoms with Gasteiger partial charge >= 0.3 is 35.5 Å². The van der Waals surface area contributed by atoms with Crippen molar-refractivity contribution in [3.63, 3.8) is 0 Å². The number of fused-ring (bicyclic) bond motifs is 1. The topological polar surface area (TPSA) is 478 Å². The van der Waals surface area contributed by atoms with Crippen LogP contribution >= 0.6 is 15.9 Å². The number of anilines is 11. The number of imidazole rings is 4. The number of nitrogen functional groups attached to an aromatic ring is 2. The molecule has 0 saturated heterocycles. The van der Waals surface area contributed by atoms with Crippen molar-refractivity contribution in [2.24, 2.45) is 5.73 Å². The molecule has 149 heavy (non-hydrogen) atoms. The molecule has 7 aromatic heterocycles. The Kier molecular flexibility index (Phi) is 43.2. The number of nitriles is 1. The SMILES string of the molecule is C.C=CC[C@H]1CN(CCCC)c2cc(C(=O)O)cc3nc(NC(=O)c4cc(C)nn4CC)n1c23.C=CC[C@H]1CN(CCCC)c2cc(C(C)=O)cc(N)c2N1.C=CC[C@H]1CN(CCCC)c2cc(C(C)=O)cc3nc(N)n1c23.C=CC[C@H]1CN(CCCC)c2cc(C(C)=O)cc3nc(NC(=O)c4cc(C)nn4CC)n1c23.C=CC[C@H]1CN(CCCC)c2cc(C(N)=O)cc3nc(NC(=O)c4cc(C)nn4CC)n1c23.N#CBr.[Na+].[OH-]. The summed E-state index contributed by atoms with van der Waals surface area (Å²) >= 11 is 2.45. The van der Waals surface area contributed by atoms with E-state index in [9.17, 15) is 43.5 Å². The maximum Gasteiger partial charge on any atom is 1.00 e. The van der Waals surface area contributed by atoms with E-state index in [1.54, 1.807) is 82.3 Å².